The number of aromatic nitrogens is 2. The van der Waals surface area contributed by atoms with E-state index in [4.69, 9.17) is 15.2 Å². The van der Waals surface area contributed by atoms with Crippen molar-refractivity contribution in [2.45, 2.75) is 58.1 Å². The van der Waals surface area contributed by atoms with Gasteiger partial charge >= 0.3 is 24.0 Å². The number of ether oxygens (including phenoxy) is 3. The van der Waals surface area contributed by atoms with Crippen LogP contribution in [0.1, 0.15) is 72.5 Å². The maximum atomic E-state index is 13.4. The summed E-state index contributed by atoms with van der Waals surface area (Å²) in [5.74, 6) is -1.67. The summed E-state index contributed by atoms with van der Waals surface area (Å²) in [6.07, 6.45) is -10.3. The Morgan fingerprint density at radius 3 is 1.83 bits per heavy atom. The van der Waals surface area contributed by atoms with E-state index in [1.165, 1.54) is 13.8 Å². The molecule has 0 radical (unpaired) electrons. The van der Waals surface area contributed by atoms with E-state index in [1.807, 2.05) is 0 Å². The maximum Gasteiger partial charge on any atom is 0.416 e. The molecular weight excluding hydrogens is 652 g/mol. The van der Waals surface area contributed by atoms with Crippen LogP contribution in [0, 0.1) is 0 Å². The van der Waals surface area contributed by atoms with Crippen LogP contribution in [-0.2, 0) is 42.3 Å². The van der Waals surface area contributed by atoms with E-state index in [-0.39, 0.29) is 46.5 Å². The van der Waals surface area contributed by atoms with Gasteiger partial charge in [-0.2, -0.15) is 26.3 Å². The molecule has 1 aromatic heterocycles. The monoisotopic (exact) mass is 685 g/mol. The second-order valence-corrected chi connectivity index (χ2v) is 12.0. The van der Waals surface area contributed by atoms with Gasteiger partial charge in [-0.25, -0.2) is 22.6 Å². The number of nitrogen functional groups attached to an aromatic ring is 1. The van der Waals surface area contributed by atoms with Crippen molar-refractivity contribution in [1.29, 1.82) is 0 Å². The number of rotatable bonds is 9. The van der Waals surface area contributed by atoms with E-state index in [0.717, 1.165) is 31.6 Å². The van der Waals surface area contributed by atoms with Gasteiger partial charge in [0.05, 0.1) is 46.9 Å². The number of alkyl halides is 6. The normalized spacial score (nSPS) is 13.6. The van der Waals surface area contributed by atoms with Crippen molar-refractivity contribution in [3.05, 3.63) is 72.9 Å². The lowest BCUT2D eigenvalue weighted by molar-refractivity contribution is -0.140. The van der Waals surface area contributed by atoms with E-state index in [0.29, 0.717) is 10.6 Å². The van der Waals surface area contributed by atoms with Crippen molar-refractivity contribution in [2.24, 2.45) is 0 Å². The predicted octanol–water partition coefficient (Wildman–Crippen LogP) is 4.98. The summed E-state index contributed by atoms with van der Waals surface area (Å²) in [6.45, 7) is 6.56. The Bertz CT molecular complexity index is 1800. The lowest BCUT2D eigenvalue weighted by Crippen LogP contribution is -2.37. The van der Waals surface area contributed by atoms with E-state index in [1.54, 1.807) is 13.8 Å². The molecular formula is C28H33F6N3O8S. The molecule has 2 atom stereocenters. The molecule has 0 amide bonds. The number of nitrogens with two attached hydrogens (primary N) is 1. The highest BCUT2D eigenvalue weighted by Gasteiger charge is 2.37. The van der Waals surface area contributed by atoms with Crippen LogP contribution in [-0.4, -0.2) is 50.5 Å². The molecule has 0 fully saturated rings. The van der Waals surface area contributed by atoms with E-state index >= 15 is 0 Å². The molecule has 3 N–H and O–H groups in total. The number of halogens is 6. The summed E-state index contributed by atoms with van der Waals surface area (Å²) in [5.41, 5.74) is 0.305. The number of esters is 1. The number of H-pyrrole nitrogens is 1. The highest BCUT2D eigenvalue weighted by atomic mass is 32.2. The zero-order valence-corrected chi connectivity index (χ0v) is 26.4. The number of methoxy groups -OCH3 is 1. The lowest BCUT2D eigenvalue weighted by atomic mass is 9.98. The summed E-state index contributed by atoms with van der Waals surface area (Å²) in [5, 5.41) is -0.234. The number of nitrogens with one attached hydrogen (secondary N) is 1. The average Bonchev–Trinajstić information content (AvgIpc) is 2.93. The summed E-state index contributed by atoms with van der Waals surface area (Å²) in [6, 6.07) is 3.45. The summed E-state index contributed by atoms with van der Waals surface area (Å²) < 4.78 is 117. The first-order valence-corrected chi connectivity index (χ1v) is 15.5. The number of nitrogens with zero attached hydrogens (tertiary/aromatic N) is 1. The fourth-order valence-electron chi connectivity index (χ4n) is 4.43. The standard InChI is InChI=1S/C15H17F3N2O5S.C13H16F3NO3/c1-4-25-8(2)9-5-10-12(6-11(9)15(16,17)18)19-14(22)20(13(10)21)7-26(3,23)24;1-4-20-7(2)8-5-9(12(18)19-3)11(17)6-10(8)13(14,15)16/h5-6,8H,4,7H2,1-3H3,(H,19,22);5-7H,4,17H2,1-3H3. The third kappa shape index (κ3) is 9.32. The number of carbonyl (C=O) groups is 1. The Hall–Kier alpha value is -3.90. The molecule has 3 rings (SSSR count). The number of fused-ring (bicyclic) bond motifs is 1. The minimum absolute atomic E-state index is 0.109. The summed E-state index contributed by atoms with van der Waals surface area (Å²) >= 11 is 0. The first kappa shape index (κ1) is 38.3. The molecule has 3 aromatic rings. The van der Waals surface area contributed by atoms with Crippen molar-refractivity contribution >= 4 is 32.4 Å². The quantitative estimate of drug-likeness (QED) is 0.180. The van der Waals surface area contributed by atoms with Crippen molar-refractivity contribution in [1.82, 2.24) is 9.55 Å². The molecule has 0 saturated heterocycles. The van der Waals surface area contributed by atoms with Gasteiger partial charge in [-0.05, 0) is 63.1 Å². The Labute approximate surface area is 259 Å². The smallest absolute Gasteiger partial charge is 0.416 e. The van der Waals surface area contributed by atoms with Gasteiger partial charge in [0.25, 0.3) is 5.56 Å². The number of benzene rings is 2. The third-order valence-corrected chi connectivity index (χ3v) is 7.19. The van der Waals surface area contributed by atoms with Crippen LogP contribution < -0.4 is 17.0 Å². The largest absolute Gasteiger partial charge is 0.465 e. The van der Waals surface area contributed by atoms with Gasteiger partial charge in [0.15, 0.2) is 9.84 Å². The van der Waals surface area contributed by atoms with Crippen LogP contribution in [0.25, 0.3) is 10.9 Å². The Morgan fingerprint density at radius 1 is 0.913 bits per heavy atom. The zero-order chi connectivity index (χ0) is 35.4. The second kappa shape index (κ2) is 14.7. The number of sulfone groups is 1. The molecule has 256 valence electrons. The van der Waals surface area contributed by atoms with Crippen LogP contribution in [0.2, 0.25) is 0 Å². The molecule has 0 aliphatic carbocycles. The molecule has 18 heteroatoms. The number of carbonyl (C=O) groups excluding carboxylic acids is 1. The molecule has 0 saturated carbocycles. The maximum absolute atomic E-state index is 13.4. The molecule has 1 heterocycles. The molecule has 11 nitrogen and oxygen atoms in total. The van der Waals surface area contributed by atoms with Gasteiger partial charge in [0.1, 0.15) is 5.88 Å². The van der Waals surface area contributed by atoms with Gasteiger partial charge in [-0.1, -0.05) is 0 Å². The number of aromatic amines is 1. The summed E-state index contributed by atoms with van der Waals surface area (Å²) in [7, 11) is -2.59. The summed E-state index contributed by atoms with van der Waals surface area (Å²) in [4.78, 5) is 38.1. The van der Waals surface area contributed by atoms with Crippen molar-refractivity contribution in [3.8, 4) is 0 Å². The highest BCUT2D eigenvalue weighted by molar-refractivity contribution is 7.89. The van der Waals surface area contributed by atoms with Gasteiger partial charge in [0, 0.05) is 25.2 Å². The highest BCUT2D eigenvalue weighted by Crippen LogP contribution is 2.39. The van der Waals surface area contributed by atoms with Crippen molar-refractivity contribution in [2.75, 3.05) is 32.3 Å². The number of anilines is 1. The fraction of sp³-hybridized carbons (Fsp3) is 0.464. The zero-order valence-electron chi connectivity index (χ0n) is 25.6. The van der Waals surface area contributed by atoms with Gasteiger partial charge < -0.3 is 24.9 Å². The predicted molar refractivity (Wildman–Crippen MR) is 156 cm³/mol. The Kier molecular flexibility index (Phi) is 12.2. The molecule has 0 bridgehead atoms. The molecule has 0 aliphatic heterocycles. The van der Waals surface area contributed by atoms with Crippen LogP contribution in [0.5, 0.6) is 0 Å². The second-order valence-electron chi connectivity index (χ2n) is 9.91. The minimum atomic E-state index is -4.73. The first-order valence-electron chi connectivity index (χ1n) is 13.4. The van der Waals surface area contributed by atoms with Gasteiger partial charge in [-0.15, -0.1) is 0 Å². The van der Waals surface area contributed by atoms with Gasteiger partial charge in [-0.3, -0.25) is 4.79 Å². The van der Waals surface area contributed by atoms with Crippen molar-refractivity contribution < 1.29 is 53.8 Å². The average molecular weight is 686 g/mol. The third-order valence-electron chi connectivity index (χ3n) is 6.46. The topological polar surface area (TPSA) is 160 Å². The first-order chi connectivity index (χ1) is 21.1. The minimum Gasteiger partial charge on any atom is -0.465 e. The van der Waals surface area contributed by atoms with Crippen LogP contribution >= 0.6 is 0 Å². The Balaban J connectivity index is 0.000000332. The molecule has 2 unspecified atom stereocenters. The fourth-order valence-corrected chi connectivity index (χ4v) is 5.14. The van der Waals surface area contributed by atoms with Crippen LogP contribution in [0.3, 0.4) is 0 Å². The molecule has 0 aliphatic rings. The molecule has 2 aromatic carbocycles. The van der Waals surface area contributed by atoms with E-state index in [9.17, 15) is 49.1 Å². The van der Waals surface area contributed by atoms with E-state index in [2.05, 4.69) is 9.72 Å². The lowest BCUT2D eigenvalue weighted by Gasteiger charge is -2.20. The molecule has 0 spiro atoms. The molecule has 46 heavy (non-hydrogen) atoms. The SMILES string of the molecule is CCOC(C)c1cc(C(=O)OC)c(N)cc1C(F)(F)F.CCOC(C)c1cc2c(=O)n(CS(C)(=O)=O)c(=O)[nH]c2cc1C(F)(F)F. The number of hydrogen-bond acceptors (Lipinski definition) is 9. The van der Waals surface area contributed by atoms with Crippen LogP contribution in [0.4, 0.5) is 32.0 Å². The van der Waals surface area contributed by atoms with Crippen LogP contribution in [0.15, 0.2) is 33.9 Å². The number of hydrogen-bond donors (Lipinski definition) is 2. The van der Waals surface area contributed by atoms with Gasteiger partial charge in [0.2, 0.25) is 0 Å². The Morgan fingerprint density at radius 2 is 1.39 bits per heavy atom. The van der Waals surface area contributed by atoms with Crippen molar-refractivity contribution in [3.63, 3.8) is 0 Å². The van der Waals surface area contributed by atoms with E-state index < -0.39 is 68.6 Å².